The number of aromatic nitrogens is 4. The first kappa shape index (κ1) is 25.5. The molecule has 1 saturated carbocycles. The number of anilines is 1. The largest absolute Gasteiger partial charge is 0.452 e. The van der Waals surface area contributed by atoms with Crippen molar-refractivity contribution in [3.8, 4) is 11.5 Å². The van der Waals surface area contributed by atoms with E-state index in [-0.39, 0.29) is 29.8 Å². The summed E-state index contributed by atoms with van der Waals surface area (Å²) in [6.07, 6.45) is 7.29. The molecule has 1 amide bonds. The van der Waals surface area contributed by atoms with Crippen molar-refractivity contribution in [2.45, 2.75) is 64.1 Å². The topological polar surface area (TPSA) is 111 Å². The molecule has 3 aromatic rings. The first-order valence-corrected chi connectivity index (χ1v) is 11.9. The Balaban J connectivity index is 1.55. The second-order valence-corrected chi connectivity index (χ2v) is 9.73. The Morgan fingerprint density at radius 2 is 2.03 bits per heavy atom. The SMILES string of the molecule is CC(C)(O)Cn1ccc(NC(=O)[C@H](CC2CCCC2)n2ncc(Oc3cccc(F)c3F)cc2=O)n1. The number of nitrogens with zero attached hydrogens (tertiary/aromatic N) is 4. The number of benzene rings is 1. The monoisotopic (exact) mass is 501 g/mol. The lowest BCUT2D eigenvalue weighted by Gasteiger charge is -2.21. The standard InChI is InChI=1S/C25H29F2N5O4/c1-25(2,35)15-31-11-10-21(30-31)29-24(34)19(12-16-6-3-4-7-16)32-22(33)13-17(14-28-32)36-20-9-5-8-18(26)23(20)27/h5,8-11,13-14,16,19,35H,3-4,6-7,12,15H2,1-2H3,(H,29,30,34)/t19-/m0/s1. The normalized spacial score (nSPS) is 15.1. The molecule has 36 heavy (non-hydrogen) atoms. The van der Waals surface area contributed by atoms with Crippen molar-refractivity contribution in [1.82, 2.24) is 19.6 Å². The Hall–Kier alpha value is -3.60. The molecule has 2 N–H and O–H groups in total. The number of nitrogens with one attached hydrogen (secondary N) is 1. The van der Waals surface area contributed by atoms with E-state index < -0.39 is 34.7 Å². The fraction of sp³-hybridized carbons (Fsp3) is 0.440. The molecule has 11 heteroatoms. The van der Waals surface area contributed by atoms with Crippen LogP contribution in [0.2, 0.25) is 0 Å². The number of amides is 1. The van der Waals surface area contributed by atoms with E-state index >= 15 is 0 Å². The van der Waals surface area contributed by atoms with Crippen molar-refractivity contribution in [2.24, 2.45) is 5.92 Å². The molecule has 0 spiro atoms. The van der Waals surface area contributed by atoms with E-state index in [1.165, 1.54) is 23.0 Å². The van der Waals surface area contributed by atoms with Crippen LogP contribution >= 0.6 is 0 Å². The Bertz CT molecular complexity index is 1280. The average Bonchev–Trinajstić information content (AvgIpc) is 3.47. The van der Waals surface area contributed by atoms with Gasteiger partial charge in [-0.1, -0.05) is 31.7 Å². The van der Waals surface area contributed by atoms with Gasteiger partial charge in [-0.05, 0) is 38.3 Å². The van der Waals surface area contributed by atoms with E-state index in [0.717, 1.165) is 42.5 Å². The molecule has 9 nitrogen and oxygen atoms in total. The Labute approximate surface area is 206 Å². The van der Waals surface area contributed by atoms with Gasteiger partial charge >= 0.3 is 0 Å². The summed E-state index contributed by atoms with van der Waals surface area (Å²) in [5.41, 5.74) is -1.59. The first-order valence-electron chi connectivity index (χ1n) is 11.9. The number of hydrogen-bond acceptors (Lipinski definition) is 6. The lowest BCUT2D eigenvalue weighted by molar-refractivity contribution is -0.120. The summed E-state index contributed by atoms with van der Waals surface area (Å²) in [5.74, 6) is -2.61. The van der Waals surface area contributed by atoms with Crippen LogP contribution < -0.4 is 15.6 Å². The van der Waals surface area contributed by atoms with E-state index in [0.29, 0.717) is 6.42 Å². The summed E-state index contributed by atoms with van der Waals surface area (Å²) >= 11 is 0. The Morgan fingerprint density at radius 3 is 2.72 bits per heavy atom. The van der Waals surface area contributed by atoms with E-state index in [1.54, 1.807) is 26.1 Å². The molecule has 2 aromatic heterocycles. The molecule has 4 rings (SSSR count). The van der Waals surface area contributed by atoms with Crippen LogP contribution in [0.15, 0.2) is 47.5 Å². The van der Waals surface area contributed by atoms with Crippen molar-refractivity contribution in [3.63, 3.8) is 0 Å². The summed E-state index contributed by atoms with van der Waals surface area (Å²) in [5, 5.41) is 21.1. The predicted octanol–water partition coefficient (Wildman–Crippen LogP) is 4.04. The van der Waals surface area contributed by atoms with Crippen LogP contribution in [0.5, 0.6) is 11.5 Å². The van der Waals surface area contributed by atoms with Gasteiger partial charge in [-0.3, -0.25) is 14.3 Å². The molecular weight excluding hydrogens is 472 g/mol. The third kappa shape index (κ3) is 6.34. The number of hydrogen-bond donors (Lipinski definition) is 2. The van der Waals surface area contributed by atoms with Crippen molar-refractivity contribution in [2.75, 3.05) is 5.32 Å². The quantitative estimate of drug-likeness (QED) is 0.458. The molecule has 0 saturated heterocycles. The minimum absolute atomic E-state index is 0.0777. The summed E-state index contributed by atoms with van der Waals surface area (Å²) in [7, 11) is 0. The molecule has 0 radical (unpaired) electrons. The highest BCUT2D eigenvalue weighted by atomic mass is 19.2. The van der Waals surface area contributed by atoms with Gasteiger partial charge in [0.15, 0.2) is 23.1 Å². The molecule has 1 atom stereocenters. The zero-order valence-corrected chi connectivity index (χ0v) is 20.2. The number of carbonyl (C=O) groups is 1. The van der Waals surface area contributed by atoms with Crippen LogP contribution in [0.25, 0.3) is 0 Å². The summed E-state index contributed by atoms with van der Waals surface area (Å²) < 4.78 is 35.3. The lowest BCUT2D eigenvalue weighted by Crippen LogP contribution is -2.36. The minimum Gasteiger partial charge on any atom is -0.452 e. The van der Waals surface area contributed by atoms with E-state index in [4.69, 9.17) is 4.74 Å². The van der Waals surface area contributed by atoms with Gasteiger partial charge in [-0.2, -0.15) is 14.6 Å². The van der Waals surface area contributed by atoms with E-state index in [2.05, 4.69) is 15.5 Å². The Kier molecular flexibility index (Phi) is 7.48. The van der Waals surface area contributed by atoms with E-state index in [1.807, 2.05) is 0 Å². The average molecular weight is 502 g/mol. The smallest absolute Gasteiger partial charge is 0.271 e. The van der Waals surface area contributed by atoms with Gasteiger partial charge in [0.25, 0.3) is 11.5 Å². The maximum atomic E-state index is 13.9. The van der Waals surface area contributed by atoms with Gasteiger partial charge in [0, 0.05) is 18.3 Å². The number of halogens is 2. The first-order chi connectivity index (χ1) is 17.1. The zero-order valence-electron chi connectivity index (χ0n) is 20.2. The fourth-order valence-corrected chi connectivity index (χ4v) is 4.38. The molecule has 0 bridgehead atoms. The molecule has 1 aliphatic carbocycles. The molecule has 1 aromatic carbocycles. The van der Waals surface area contributed by atoms with Crippen LogP contribution in [0.3, 0.4) is 0 Å². The number of rotatable bonds is 9. The molecular formula is C25H29F2N5O4. The van der Waals surface area contributed by atoms with E-state index in [9.17, 15) is 23.5 Å². The molecule has 2 heterocycles. The van der Waals surface area contributed by atoms with Crippen LogP contribution in [0.1, 0.15) is 52.0 Å². The van der Waals surface area contributed by atoms with Gasteiger partial charge < -0.3 is 15.2 Å². The van der Waals surface area contributed by atoms with Crippen LogP contribution in [0, 0.1) is 17.6 Å². The fourth-order valence-electron chi connectivity index (χ4n) is 4.38. The molecule has 0 unspecified atom stereocenters. The van der Waals surface area contributed by atoms with Gasteiger partial charge in [0.2, 0.25) is 5.82 Å². The van der Waals surface area contributed by atoms with Crippen LogP contribution in [-0.2, 0) is 11.3 Å². The van der Waals surface area contributed by atoms with Crippen molar-refractivity contribution in [1.29, 1.82) is 0 Å². The number of ether oxygens (including phenoxy) is 1. The van der Waals surface area contributed by atoms with Gasteiger partial charge in [-0.25, -0.2) is 9.07 Å². The van der Waals surface area contributed by atoms with Crippen LogP contribution in [-0.4, -0.2) is 36.2 Å². The zero-order chi connectivity index (χ0) is 25.9. The number of carbonyl (C=O) groups excluding carboxylic acids is 1. The summed E-state index contributed by atoms with van der Waals surface area (Å²) in [6, 6.07) is 5.27. The molecule has 0 aliphatic heterocycles. The second-order valence-electron chi connectivity index (χ2n) is 9.73. The molecule has 1 aliphatic rings. The van der Waals surface area contributed by atoms with Gasteiger partial charge in [0.05, 0.1) is 18.3 Å². The van der Waals surface area contributed by atoms with Crippen molar-refractivity contribution in [3.05, 3.63) is 64.7 Å². The van der Waals surface area contributed by atoms with Gasteiger partial charge in [0.1, 0.15) is 6.04 Å². The highest BCUT2D eigenvalue weighted by molar-refractivity contribution is 5.92. The number of aliphatic hydroxyl groups is 1. The lowest BCUT2D eigenvalue weighted by atomic mass is 9.98. The third-order valence-corrected chi connectivity index (χ3v) is 6.01. The third-order valence-electron chi connectivity index (χ3n) is 6.01. The minimum atomic E-state index is -1.18. The van der Waals surface area contributed by atoms with Crippen molar-refractivity contribution < 1.29 is 23.4 Å². The predicted molar refractivity (Wildman–Crippen MR) is 128 cm³/mol. The maximum absolute atomic E-state index is 13.9. The summed E-state index contributed by atoms with van der Waals surface area (Å²) in [6.45, 7) is 3.54. The molecule has 1 fully saturated rings. The highest BCUT2D eigenvalue weighted by Crippen LogP contribution is 2.32. The summed E-state index contributed by atoms with van der Waals surface area (Å²) in [4.78, 5) is 26.2. The van der Waals surface area contributed by atoms with Crippen LogP contribution in [0.4, 0.5) is 14.6 Å². The highest BCUT2D eigenvalue weighted by Gasteiger charge is 2.29. The Morgan fingerprint density at radius 1 is 1.28 bits per heavy atom. The van der Waals surface area contributed by atoms with Gasteiger partial charge in [-0.15, -0.1) is 0 Å². The van der Waals surface area contributed by atoms with Crippen molar-refractivity contribution >= 4 is 11.7 Å². The molecule has 192 valence electrons. The maximum Gasteiger partial charge on any atom is 0.271 e. The second kappa shape index (κ2) is 10.6.